The molecule has 0 atom stereocenters. The Balaban J connectivity index is 1.94. The van der Waals surface area contributed by atoms with Crippen LogP contribution in [-0.2, 0) is 4.79 Å². The smallest absolute Gasteiger partial charge is 0.267 e. The van der Waals surface area contributed by atoms with E-state index in [-0.39, 0.29) is 5.91 Å². The van der Waals surface area contributed by atoms with Crippen molar-refractivity contribution in [1.82, 2.24) is 9.88 Å². The number of amidine groups is 1. The molecule has 1 aromatic carbocycles. The molecule has 0 aliphatic carbocycles. The summed E-state index contributed by atoms with van der Waals surface area (Å²) in [7, 11) is 0. The highest BCUT2D eigenvalue weighted by Crippen LogP contribution is 2.34. The monoisotopic (exact) mass is 405 g/mol. The summed E-state index contributed by atoms with van der Waals surface area (Å²) in [5, 5.41) is 3.13. The summed E-state index contributed by atoms with van der Waals surface area (Å²) >= 11 is 6.23. The number of thiazole rings is 1. The predicted octanol–water partition coefficient (Wildman–Crippen LogP) is 4.70. The lowest BCUT2D eigenvalue weighted by molar-refractivity contribution is -0.121. The van der Waals surface area contributed by atoms with Crippen LogP contribution < -0.4 is 0 Å². The maximum atomic E-state index is 12.6. The first-order chi connectivity index (χ1) is 11.2. The number of thioether (sulfide) groups is 1. The van der Waals surface area contributed by atoms with Crippen molar-refractivity contribution in [2.24, 2.45) is 4.99 Å². The lowest BCUT2D eigenvalue weighted by atomic mass is 10.2. The molecule has 7 heteroatoms. The molecule has 1 aliphatic heterocycles. The largest absolute Gasteiger partial charge is 0.282 e. The number of nitrogens with zero attached hydrogens (tertiary/aromatic N) is 3. The lowest BCUT2D eigenvalue weighted by Crippen LogP contribution is -2.29. The molecule has 2 aromatic rings. The predicted molar refractivity (Wildman–Crippen MR) is 101 cm³/mol. The molecule has 116 valence electrons. The van der Waals surface area contributed by atoms with Crippen LogP contribution in [-0.4, -0.2) is 27.5 Å². The highest BCUT2D eigenvalue weighted by atomic mass is 79.9. The Morgan fingerprint density at radius 2 is 2.30 bits per heavy atom. The second-order valence-electron chi connectivity index (χ2n) is 4.58. The molecule has 1 amide bonds. The average molecular weight is 406 g/mol. The van der Waals surface area contributed by atoms with Crippen molar-refractivity contribution < 1.29 is 4.79 Å². The number of aliphatic imine (C=N–C) groups is 1. The SMILES string of the molecule is C=CCN1C(=O)/C(=C/c2cccc(Br)c2)S/C1=N/c1nccs1. The maximum Gasteiger partial charge on any atom is 0.267 e. The number of halogens is 1. The van der Waals surface area contributed by atoms with Crippen LogP contribution in [0, 0.1) is 0 Å². The van der Waals surface area contributed by atoms with E-state index in [0.717, 1.165) is 10.0 Å². The van der Waals surface area contributed by atoms with E-state index in [4.69, 9.17) is 0 Å². The number of carbonyl (C=O) groups is 1. The van der Waals surface area contributed by atoms with Crippen LogP contribution in [0.4, 0.5) is 5.13 Å². The Kier molecular flexibility index (Phi) is 5.09. The van der Waals surface area contributed by atoms with Gasteiger partial charge in [-0.3, -0.25) is 9.69 Å². The summed E-state index contributed by atoms with van der Waals surface area (Å²) in [5.74, 6) is -0.0646. The molecule has 0 radical (unpaired) electrons. The van der Waals surface area contributed by atoms with Crippen molar-refractivity contribution in [3.05, 3.63) is 63.4 Å². The Hall–Kier alpha value is -1.70. The third-order valence-electron chi connectivity index (χ3n) is 2.96. The standard InChI is InChI=1S/C16H12BrN3OS2/c1-2-7-20-14(21)13(10-11-4-3-5-12(17)9-11)23-16(20)19-15-18-6-8-22-15/h2-6,8-10H,1,7H2/b13-10-,19-16+. The normalized spacial score (nSPS) is 18.1. The molecular weight excluding hydrogens is 394 g/mol. The van der Waals surface area contributed by atoms with E-state index < -0.39 is 0 Å². The van der Waals surface area contributed by atoms with Gasteiger partial charge in [0, 0.05) is 22.6 Å². The number of hydrogen-bond donors (Lipinski definition) is 0. The number of benzene rings is 1. The quantitative estimate of drug-likeness (QED) is 0.547. The number of hydrogen-bond acceptors (Lipinski definition) is 5. The van der Waals surface area contributed by atoms with Crippen LogP contribution in [0.15, 0.2) is 62.9 Å². The summed E-state index contributed by atoms with van der Waals surface area (Å²) < 4.78 is 0.974. The van der Waals surface area contributed by atoms with Crippen molar-refractivity contribution in [3.8, 4) is 0 Å². The van der Waals surface area contributed by atoms with Gasteiger partial charge in [0.2, 0.25) is 5.13 Å². The topological polar surface area (TPSA) is 45.6 Å². The third-order valence-corrected chi connectivity index (χ3v) is 5.12. The third kappa shape index (κ3) is 3.80. The molecule has 4 nitrogen and oxygen atoms in total. The Morgan fingerprint density at radius 3 is 3.00 bits per heavy atom. The molecule has 1 saturated heterocycles. The molecule has 0 saturated carbocycles. The minimum absolute atomic E-state index is 0.0646. The minimum Gasteiger partial charge on any atom is -0.282 e. The van der Waals surface area contributed by atoms with Crippen LogP contribution in [0.3, 0.4) is 0 Å². The molecule has 1 fully saturated rings. The first kappa shape index (κ1) is 16.2. The van der Waals surface area contributed by atoms with Gasteiger partial charge in [0.1, 0.15) is 0 Å². The van der Waals surface area contributed by atoms with Gasteiger partial charge in [-0.1, -0.05) is 34.1 Å². The molecule has 0 spiro atoms. The molecular formula is C16H12BrN3OS2. The summed E-state index contributed by atoms with van der Waals surface area (Å²) in [6, 6.07) is 7.81. The van der Waals surface area contributed by atoms with Gasteiger partial charge in [0.25, 0.3) is 5.91 Å². The van der Waals surface area contributed by atoms with E-state index in [1.54, 1.807) is 17.2 Å². The number of aromatic nitrogens is 1. The van der Waals surface area contributed by atoms with Gasteiger partial charge < -0.3 is 0 Å². The zero-order valence-corrected chi connectivity index (χ0v) is 15.2. The first-order valence-corrected chi connectivity index (χ1v) is 9.22. The van der Waals surface area contributed by atoms with E-state index in [1.165, 1.54) is 23.1 Å². The van der Waals surface area contributed by atoms with Crippen LogP contribution in [0.1, 0.15) is 5.56 Å². The van der Waals surface area contributed by atoms with Crippen LogP contribution in [0.5, 0.6) is 0 Å². The fraction of sp³-hybridized carbons (Fsp3) is 0.0625. The van der Waals surface area contributed by atoms with Crippen LogP contribution in [0.2, 0.25) is 0 Å². The zero-order chi connectivity index (χ0) is 16.2. The molecule has 1 aliphatic rings. The summed E-state index contributed by atoms with van der Waals surface area (Å²) in [6.45, 7) is 4.14. The van der Waals surface area contributed by atoms with Gasteiger partial charge >= 0.3 is 0 Å². The second kappa shape index (κ2) is 7.25. The van der Waals surface area contributed by atoms with Gasteiger partial charge in [0.05, 0.1) is 4.91 Å². The van der Waals surface area contributed by atoms with Crippen LogP contribution >= 0.6 is 39.0 Å². The van der Waals surface area contributed by atoms with Gasteiger partial charge in [-0.15, -0.1) is 17.9 Å². The molecule has 0 unspecified atom stereocenters. The van der Waals surface area contributed by atoms with Crippen molar-refractivity contribution in [1.29, 1.82) is 0 Å². The summed E-state index contributed by atoms with van der Waals surface area (Å²) in [5.41, 5.74) is 0.962. The van der Waals surface area contributed by atoms with Crippen molar-refractivity contribution in [2.75, 3.05) is 6.54 Å². The highest BCUT2D eigenvalue weighted by Gasteiger charge is 2.32. The van der Waals surface area contributed by atoms with Gasteiger partial charge in [-0.25, -0.2) is 4.98 Å². The second-order valence-corrected chi connectivity index (χ2v) is 7.38. The number of amides is 1. The molecule has 0 bridgehead atoms. The summed E-state index contributed by atoms with van der Waals surface area (Å²) in [4.78, 5) is 23.5. The first-order valence-electron chi connectivity index (χ1n) is 6.73. The average Bonchev–Trinajstić information content (AvgIpc) is 3.12. The molecule has 0 N–H and O–H groups in total. The van der Waals surface area contributed by atoms with E-state index in [1.807, 2.05) is 35.7 Å². The molecule has 1 aromatic heterocycles. The fourth-order valence-electron chi connectivity index (χ4n) is 1.98. The van der Waals surface area contributed by atoms with Gasteiger partial charge in [-0.2, -0.15) is 4.99 Å². The van der Waals surface area contributed by atoms with Crippen molar-refractivity contribution in [2.45, 2.75) is 0 Å². The van der Waals surface area contributed by atoms with E-state index in [9.17, 15) is 4.79 Å². The van der Waals surface area contributed by atoms with Gasteiger partial charge in [-0.05, 0) is 35.5 Å². The minimum atomic E-state index is -0.0646. The Labute approximate surface area is 150 Å². The van der Waals surface area contributed by atoms with E-state index in [0.29, 0.717) is 21.7 Å². The zero-order valence-electron chi connectivity index (χ0n) is 12.0. The Bertz CT molecular complexity index is 799. The maximum absolute atomic E-state index is 12.6. The summed E-state index contributed by atoms with van der Waals surface area (Å²) in [6.07, 6.45) is 5.26. The lowest BCUT2D eigenvalue weighted by Gasteiger charge is -2.11. The fourth-order valence-corrected chi connectivity index (χ4v) is 3.95. The molecule has 3 rings (SSSR count). The molecule has 23 heavy (non-hydrogen) atoms. The van der Waals surface area contributed by atoms with Crippen molar-refractivity contribution in [3.63, 3.8) is 0 Å². The van der Waals surface area contributed by atoms with E-state index >= 15 is 0 Å². The van der Waals surface area contributed by atoms with E-state index in [2.05, 4.69) is 32.5 Å². The number of rotatable bonds is 4. The highest BCUT2D eigenvalue weighted by molar-refractivity contribution is 9.10. The van der Waals surface area contributed by atoms with Gasteiger partial charge in [0.15, 0.2) is 5.17 Å². The van der Waals surface area contributed by atoms with Crippen LogP contribution in [0.25, 0.3) is 6.08 Å². The molecule has 2 heterocycles. The Morgan fingerprint density at radius 1 is 1.43 bits per heavy atom. The van der Waals surface area contributed by atoms with Crippen molar-refractivity contribution >= 4 is 61.3 Å². The number of carbonyl (C=O) groups excluding carboxylic acids is 1.